The Morgan fingerprint density at radius 1 is 1.25 bits per heavy atom. The van der Waals surface area contributed by atoms with Crippen LogP contribution in [-0.4, -0.2) is 66.2 Å². The minimum atomic E-state index is -0.440. The fourth-order valence-electron chi connectivity index (χ4n) is 3.70. The molecule has 2 fully saturated rings. The summed E-state index contributed by atoms with van der Waals surface area (Å²) in [7, 11) is 0. The van der Waals surface area contributed by atoms with E-state index in [9.17, 15) is 9.90 Å². The maximum atomic E-state index is 12.7. The standard InChI is InChI=1S/C19H28N2O3/c1-2-20-12-13-24-17(14-20)19(23)21-10-8-16(9-11-21)18(22)15-6-4-3-5-7-15/h3-7,16-18,22H,2,8-14H2,1H3. The average molecular weight is 332 g/mol. The first-order valence-electron chi connectivity index (χ1n) is 9.04. The van der Waals surface area contributed by atoms with Gasteiger partial charge >= 0.3 is 0 Å². The summed E-state index contributed by atoms with van der Waals surface area (Å²) in [6.45, 7) is 6.72. The summed E-state index contributed by atoms with van der Waals surface area (Å²) >= 11 is 0. The molecule has 0 saturated carbocycles. The van der Waals surface area contributed by atoms with Gasteiger partial charge in [0.25, 0.3) is 5.91 Å². The first-order chi connectivity index (χ1) is 11.7. The second kappa shape index (κ2) is 8.10. The second-order valence-electron chi connectivity index (χ2n) is 6.77. The van der Waals surface area contributed by atoms with E-state index in [0.717, 1.165) is 31.5 Å². The number of rotatable bonds is 4. The molecule has 1 aromatic rings. The number of carbonyl (C=O) groups is 1. The minimum Gasteiger partial charge on any atom is -0.388 e. The van der Waals surface area contributed by atoms with E-state index in [2.05, 4.69) is 11.8 Å². The monoisotopic (exact) mass is 332 g/mol. The average Bonchev–Trinajstić information content (AvgIpc) is 2.67. The Kier molecular flexibility index (Phi) is 5.87. The summed E-state index contributed by atoms with van der Waals surface area (Å²) in [5.74, 6) is 0.330. The largest absolute Gasteiger partial charge is 0.388 e. The van der Waals surface area contributed by atoms with Gasteiger partial charge in [0.2, 0.25) is 0 Å². The predicted molar refractivity (Wildman–Crippen MR) is 92.6 cm³/mol. The van der Waals surface area contributed by atoms with Gasteiger partial charge < -0.3 is 14.7 Å². The summed E-state index contributed by atoms with van der Waals surface area (Å²) in [5, 5.41) is 10.6. The Morgan fingerprint density at radius 3 is 2.62 bits per heavy atom. The fourth-order valence-corrected chi connectivity index (χ4v) is 3.70. The molecule has 0 bridgehead atoms. The van der Waals surface area contributed by atoms with Crippen LogP contribution in [0.1, 0.15) is 31.4 Å². The van der Waals surface area contributed by atoms with Gasteiger partial charge in [0.05, 0.1) is 12.7 Å². The van der Waals surface area contributed by atoms with Gasteiger partial charge in [-0.05, 0) is 30.9 Å². The van der Waals surface area contributed by atoms with E-state index in [1.807, 2.05) is 35.2 Å². The Bertz CT molecular complexity index is 529. The summed E-state index contributed by atoms with van der Waals surface area (Å²) in [6.07, 6.45) is 0.914. The highest BCUT2D eigenvalue weighted by molar-refractivity contribution is 5.81. The van der Waals surface area contributed by atoms with Gasteiger partial charge in [-0.1, -0.05) is 37.3 Å². The fraction of sp³-hybridized carbons (Fsp3) is 0.632. The van der Waals surface area contributed by atoms with Crippen LogP contribution < -0.4 is 0 Å². The topological polar surface area (TPSA) is 53.0 Å². The van der Waals surface area contributed by atoms with E-state index in [0.29, 0.717) is 26.2 Å². The quantitative estimate of drug-likeness (QED) is 0.911. The van der Waals surface area contributed by atoms with Crippen molar-refractivity contribution in [1.29, 1.82) is 0 Å². The molecule has 2 atom stereocenters. The second-order valence-corrected chi connectivity index (χ2v) is 6.77. The van der Waals surface area contributed by atoms with Crippen molar-refractivity contribution in [3.05, 3.63) is 35.9 Å². The zero-order chi connectivity index (χ0) is 16.9. The molecule has 0 aliphatic carbocycles. The number of aliphatic hydroxyl groups is 1. The third-order valence-corrected chi connectivity index (χ3v) is 5.31. The molecule has 2 aliphatic heterocycles. The Hall–Kier alpha value is -1.43. The molecule has 0 aromatic heterocycles. The molecule has 2 unspecified atom stereocenters. The van der Waals surface area contributed by atoms with Crippen LogP contribution in [0.3, 0.4) is 0 Å². The maximum absolute atomic E-state index is 12.7. The third kappa shape index (κ3) is 3.97. The van der Waals surface area contributed by atoms with Gasteiger partial charge in [0.1, 0.15) is 6.10 Å². The zero-order valence-electron chi connectivity index (χ0n) is 14.4. The van der Waals surface area contributed by atoms with Gasteiger partial charge in [0.15, 0.2) is 0 Å². The predicted octanol–water partition coefficient (Wildman–Crippen LogP) is 1.68. The molecule has 1 N–H and O–H groups in total. The van der Waals surface area contributed by atoms with Crippen LogP contribution in [0.2, 0.25) is 0 Å². The van der Waals surface area contributed by atoms with E-state index >= 15 is 0 Å². The van der Waals surface area contributed by atoms with Crippen molar-refractivity contribution in [2.75, 3.05) is 39.3 Å². The van der Waals surface area contributed by atoms with Crippen LogP contribution in [0.25, 0.3) is 0 Å². The lowest BCUT2D eigenvalue weighted by atomic mass is 9.87. The highest BCUT2D eigenvalue weighted by atomic mass is 16.5. The molecule has 132 valence electrons. The highest BCUT2D eigenvalue weighted by Gasteiger charge is 2.33. The zero-order valence-corrected chi connectivity index (χ0v) is 14.4. The first-order valence-corrected chi connectivity index (χ1v) is 9.04. The molecule has 5 nitrogen and oxygen atoms in total. The third-order valence-electron chi connectivity index (χ3n) is 5.31. The van der Waals surface area contributed by atoms with E-state index in [1.54, 1.807) is 0 Å². The summed E-state index contributed by atoms with van der Waals surface area (Å²) in [4.78, 5) is 16.8. The molecular weight excluding hydrogens is 304 g/mol. The molecule has 1 amide bonds. The number of benzene rings is 1. The van der Waals surface area contributed by atoms with E-state index < -0.39 is 6.10 Å². The number of hydrogen-bond acceptors (Lipinski definition) is 4. The van der Waals surface area contributed by atoms with E-state index in [1.165, 1.54) is 0 Å². The number of morpholine rings is 1. The Labute approximate surface area is 144 Å². The van der Waals surface area contributed by atoms with Crippen molar-refractivity contribution >= 4 is 5.91 Å². The SMILES string of the molecule is CCN1CCOC(C(=O)N2CCC(C(O)c3ccccc3)CC2)C1. The van der Waals surface area contributed by atoms with Crippen LogP contribution in [0, 0.1) is 5.92 Å². The molecule has 0 radical (unpaired) electrons. The van der Waals surface area contributed by atoms with Crippen LogP contribution in [0.15, 0.2) is 30.3 Å². The normalized spacial score (nSPS) is 24.8. The van der Waals surface area contributed by atoms with E-state index in [-0.39, 0.29) is 17.9 Å². The number of ether oxygens (including phenoxy) is 1. The number of piperidine rings is 1. The number of nitrogens with zero attached hydrogens (tertiary/aromatic N) is 2. The van der Waals surface area contributed by atoms with Crippen molar-refractivity contribution in [2.24, 2.45) is 5.92 Å². The van der Waals surface area contributed by atoms with Crippen LogP contribution in [0.5, 0.6) is 0 Å². The number of carbonyl (C=O) groups excluding carboxylic acids is 1. The minimum absolute atomic E-state index is 0.112. The molecule has 1 aromatic carbocycles. The van der Waals surface area contributed by atoms with Gasteiger partial charge in [0, 0.05) is 26.2 Å². The van der Waals surface area contributed by atoms with Crippen molar-refractivity contribution < 1.29 is 14.6 Å². The van der Waals surface area contributed by atoms with Crippen LogP contribution in [0.4, 0.5) is 0 Å². The molecule has 2 saturated heterocycles. The molecule has 2 aliphatic rings. The Morgan fingerprint density at radius 2 is 1.96 bits per heavy atom. The lowest BCUT2D eigenvalue weighted by molar-refractivity contribution is -0.151. The molecule has 5 heteroatoms. The summed E-state index contributed by atoms with van der Waals surface area (Å²) < 4.78 is 5.69. The number of hydrogen-bond donors (Lipinski definition) is 1. The van der Waals surface area contributed by atoms with E-state index in [4.69, 9.17) is 4.74 Å². The Balaban J connectivity index is 1.52. The van der Waals surface area contributed by atoms with Gasteiger partial charge in [-0.25, -0.2) is 0 Å². The molecule has 0 spiro atoms. The van der Waals surface area contributed by atoms with Crippen molar-refractivity contribution in [1.82, 2.24) is 9.80 Å². The van der Waals surface area contributed by atoms with Gasteiger partial charge in [-0.3, -0.25) is 9.69 Å². The van der Waals surface area contributed by atoms with Crippen LogP contribution in [-0.2, 0) is 9.53 Å². The summed E-state index contributed by atoms with van der Waals surface area (Å²) in [6, 6.07) is 9.81. The van der Waals surface area contributed by atoms with Crippen molar-refractivity contribution in [3.63, 3.8) is 0 Å². The smallest absolute Gasteiger partial charge is 0.253 e. The van der Waals surface area contributed by atoms with Gasteiger partial charge in [-0.2, -0.15) is 0 Å². The van der Waals surface area contributed by atoms with Crippen LogP contribution >= 0.6 is 0 Å². The molecule has 24 heavy (non-hydrogen) atoms. The lowest BCUT2D eigenvalue weighted by Crippen LogP contribution is -2.52. The van der Waals surface area contributed by atoms with Gasteiger partial charge in [-0.15, -0.1) is 0 Å². The maximum Gasteiger partial charge on any atom is 0.253 e. The number of amides is 1. The number of likely N-dealkylation sites (N-methyl/N-ethyl adjacent to an activating group) is 1. The lowest BCUT2D eigenvalue weighted by Gasteiger charge is -2.38. The molecular formula is C19H28N2O3. The number of aliphatic hydroxyl groups excluding tert-OH is 1. The molecule has 3 rings (SSSR count). The first kappa shape index (κ1) is 17.4. The van der Waals surface area contributed by atoms with Crippen molar-refractivity contribution in [3.8, 4) is 0 Å². The molecule has 2 heterocycles. The highest BCUT2D eigenvalue weighted by Crippen LogP contribution is 2.31. The van der Waals surface area contributed by atoms with Crippen molar-refractivity contribution in [2.45, 2.75) is 32.0 Å². The summed E-state index contributed by atoms with van der Waals surface area (Å²) in [5.41, 5.74) is 0.969. The number of likely N-dealkylation sites (tertiary alicyclic amines) is 1.